The van der Waals surface area contributed by atoms with E-state index >= 15 is 0 Å². The lowest BCUT2D eigenvalue weighted by Gasteiger charge is -2.12. The lowest BCUT2D eigenvalue weighted by atomic mass is 10.1. The fraction of sp³-hybridized carbons (Fsp3) is 0.286. The van der Waals surface area contributed by atoms with Crippen molar-refractivity contribution < 1.29 is 13.6 Å². The Morgan fingerprint density at radius 3 is 2.95 bits per heavy atom. The van der Waals surface area contributed by atoms with Gasteiger partial charge in [-0.1, -0.05) is 0 Å². The fourth-order valence-electron chi connectivity index (χ4n) is 1.70. The number of furan rings is 1. The van der Waals surface area contributed by atoms with Gasteiger partial charge in [0, 0.05) is 18.7 Å². The Morgan fingerprint density at radius 1 is 1.47 bits per heavy atom. The normalized spacial score (nSPS) is 12.1. The van der Waals surface area contributed by atoms with Gasteiger partial charge in [0.25, 0.3) is 5.91 Å². The zero-order valence-electron chi connectivity index (χ0n) is 10.6. The summed E-state index contributed by atoms with van der Waals surface area (Å²) in [5.41, 5.74) is 0.353. The van der Waals surface area contributed by atoms with Crippen LogP contribution in [0.2, 0.25) is 0 Å². The van der Waals surface area contributed by atoms with E-state index in [1.54, 1.807) is 6.26 Å². The van der Waals surface area contributed by atoms with Crippen molar-refractivity contribution in [2.45, 2.75) is 25.8 Å². The highest BCUT2D eigenvalue weighted by Gasteiger charge is 2.10. The topological polar surface area (TPSA) is 55.1 Å². The molecule has 0 radical (unpaired) electrons. The molecule has 1 unspecified atom stereocenters. The first-order valence-corrected chi connectivity index (χ1v) is 6.10. The first-order chi connectivity index (χ1) is 9.15. The Balaban J connectivity index is 1.83. The summed E-state index contributed by atoms with van der Waals surface area (Å²) in [5.74, 6) is 0.0476. The van der Waals surface area contributed by atoms with Crippen LogP contribution in [-0.2, 0) is 6.42 Å². The van der Waals surface area contributed by atoms with Crippen molar-refractivity contribution >= 4 is 5.91 Å². The molecule has 0 aliphatic carbocycles. The van der Waals surface area contributed by atoms with E-state index in [1.165, 1.54) is 18.3 Å². The third-order valence-corrected chi connectivity index (χ3v) is 2.77. The van der Waals surface area contributed by atoms with E-state index in [4.69, 9.17) is 4.42 Å². The molecule has 2 aromatic rings. The van der Waals surface area contributed by atoms with E-state index in [-0.39, 0.29) is 11.9 Å². The smallest absolute Gasteiger partial charge is 0.253 e. The molecule has 2 rings (SSSR count). The van der Waals surface area contributed by atoms with Gasteiger partial charge in [-0.2, -0.15) is 4.39 Å². The van der Waals surface area contributed by atoms with Crippen molar-refractivity contribution in [3.05, 3.63) is 54.0 Å². The van der Waals surface area contributed by atoms with Gasteiger partial charge in [-0.3, -0.25) is 4.79 Å². The van der Waals surface area contributed by atoms with Gasteiger partial charge in [-0.05, 0) is 37.6 Å². The third-order valence-electron chi connectivity index (χ3n) is 2.77. The van der Waals surface area contributed by atoms with Crippen LogP contribution in [0.5, 0.6) is 0 Å². The van der Waals surface area contributed by atoms with Gasteiger partial charge in [0.05, 0.1) is 11.8 Å². The molecule has 2 aromatic heterocycles. The molecule has 4 nitrogen and oxygen atoms in total. The quantitative estimate of drug-likeness (QED) is 0.842. The second-order valence-electron chi connectivity index (χ2n) is 4.36. The Labute approximate surface area is 110 Å². The molecule has 0 aliphatic heterocycles. The molecular weight excluding hydrogens is 247 g/mol. The van der Waals surface area contributed by atoms with Gasteiger partial charge in [0.1, 0.15) is 5.76 Å². The maximum Gasteiger partial charge on any atom is 0.253 e. The summed E-state index contributed by atoms with van der Waals surface area (Å²) in [6, 6.07) is 6.32. The molecule has 0 bridgehead atoms. The summed E-state index contributed by atoms with van der Waals surface area (Å²) in [5, 5.41) is 2.84. The Hall–Kier alpha value is -2.17. The average Bonchev–Trinajstić information content (AvgIpc) is 2.90. The molecule has 0 fully saturated rings. The van der Waals surface area contributed by atoms with Crippen LogP contribution in [0.1, 0.15) is 29.5 Å². The molecule has 0 aromatic carbocycles. The third kappa shape index (κ3) is 3.91. The molecule has 0 aliphatic rings. The van der Waals surface area contributed by atoms with Gasteiger partial charge >= 0.3 is 0 Å². The summed E-state index contributed by atoms with van der Waals surface area (Å²) in [6.07, 6.45) is 4.39. The van der Waals surface area contributed by atoms with Crippen LogP contribution in [0.3, 0.4) is 0 Å². The summed E-state index contributed by atoms with van der Waals surface area (Å²) in [6.45, 7) is 1.91. The number of carbonyl (C=O) groups excluding carboxylic acids is 1. The molecule has 2 heterocycles. The number of amides is 1. The van der Waals surface area contributed by atoms with E-state index < -0.39 is 5.95 Å². The molecule has 1 N–H and O–H groups in total. The molecule has 0 spiro atoms. The second-order valence-corrected chi connectivity index (χ2v) is 4.36. The van der Waals surface area contributed by atoms with Crippen molar-refractivity contribution in [1.82, 2.24) is 10.3 Å². The number of pyridine rings is 1. The first kappa shape index (κ1) is 13.3. The molecule has 1 atom stereocenters. The SMILES string of the molecule is CC(CCc1ccco1)NC(=O)c1ccc(F)nc1. The highest BCUT2D eigenvalue weighted by atomic mass is 19.1. The minimum Gasteiger partial charge on any atom is -0.469 e. The predicted molar refractivity (Wildman–Crippen MR) is 68.2 cm³/mol. The van der Waals surface area contributed by atoms with Crippen LogP contribution in [-0.4, -0.2) is 16.9 Å². The van der Waals surface area contributed by atoms with Crippen LogP contribution >= 0.6 is 0 Å². The highest BCUT2D eigenvalue weighted by molar-refractivity contribution is 5.93. The fourth-order valence-corrected chi connectivity index (χ4v) is 1.70. The number of halogens is 1. The lowest BCUT2D eigenvalue weighted by molar-refractivity contribution is 0.0937. The Bertz CT molecular complexity index is 523. The van der Waals surface area contributed by atoms with Crippen molar-refractivity contribution in [1.29, 1.82) is 0 Å². The minimum atomic E-state index is -0.595. The zero-order valence-corrected chi connectivity index (χ0v) is 10.6. The van der Waals surface area contributed by atoms with Crippen LogP contribution in [0, 0.1) is 5.95 Å². The number of aromatic nitrogens is 1. The minimum absolute atomic E-state index is 0.00246. The maximum absolute atomic E-state index is 12.6. The molecule has 0 saturated carbocycles. The second kappa shape index (κ2) is 6.13. The van der Waals surface area contributed by atoms with E-state index in [2.05, 4.69) is 10.3 Å². The zero-order chi connectivity index (χ0) is 13.7. The van der Waals surface area contributed by atoms with Crippen LogP contribution in [0.25, 0.3) is 0 Å². The maximum atomic E-state index is 12.6. The van der Waals surface area contributed by atoms with E-state index in [1.807, 2.05) is 19.1 Å². The van der Waals surface area contributed by atoms with Gasteiger partial charge in [-0.15, -0.1) is 0 Å². The van der Waals surface area contributed by atoms with Gasteiger partial charge in [0.15, 0.2) is 0 Å². The monoisotopic (exact) mass is 262 g/mol. The molecule has 5 heteroatoms. The van der Waals surface area contributed by atoms with Crippen molar-refractivity contribution in [3.63, 3.8) is 0 Å². The number of carbonyl (C=O) groups is 1. The Kier molecular flexibility index (Phi) is 4.28. The molecule has 19 heavy (non-hydrogen) atoms. The highest BCUT2D eigenvalue weighted by Crippen LogP contribution is 2.06. The number of nitrogens with zero attached hydrogens (tertiary/aromatic N) is 1. The largest absolute Gasteiger partial charge is 0.469 e. The molecule has 1 amide bonds. The summed E-state index contributed by atoms with van der Waals surface area (Å²) < 4.78 is 17.9. The van der Waals surface area contributed by atoms with E-state index in [0.717, 1.165) is 18.6 Å². The van der Waals surface area contributed by atoms with E-state index in [9.17, 15) is 9.18 Å². The summed E-state index contributed by atoms with van der Waals surface area (Å²) in [7, 11) is 0. The lowest BCUT2D eigenvalue weighted by Crippen LogP contribution is -2.32. The van der Waals surface area contributed by atoms with Crippen molar-refractivity contribution in [2.75, 3.05) is 0 Å². The number of hydrogen-bond acceptors (Lipinski definition) is 3. The number of nitrogens with one attached hydrogen (secondary N) is 1. The van der Waals surface area contributed by atoms with Crippen LogP contribution in [0.4, 0.5) is 4.39 Å². The van der Waals surface area contributed by atoms with Gasteiger partial charge in [-0.25, -0.2) is 4.98 Å². The standard InChI is InChI=1S/C14H15FN2O2/c1-10(4-6-12-3-2-8-19-12)17-14(18)11-5-7-13(15)16-9-11/h2-3,5,7-10H,4,6H2,1H3,(H,17,18). The van der Waals surface area contributed by atoms with Crippen LogP contribution in [0.15, 0.2) is 41.1 Å². The average molecular weight is 262 g/mol. The molecular formula is C14H15FN2O2. The summed E-state index contributed by atoms with van der Waals surface area (Å²) >= 11 is 0. The number of hydrogen-bond donors (Lipinski definition) is 1. The molecule has 0 saturated heterocycles. The molecule has 100 valence electrons. The number of aryl methyl sites for hydroxylation is 1. The Morgan fingerprint density at radius 2 is 2.32 bits per heavy atom. The van der Waals surface area contributed by atoms with Gasteiger partial charge in [0.2, 0.25) is 5.95 Å². The van der Waals surface area contributed by atoms with E-state index in [0.29, 0.717) is 5.56 Å². The van der Waals surface area contributed by atoms with Crippen molar-refractivity contribution in [3.8, 4) is 0 Å². The number of rotatable bonds is 5. The van der Waals surface area contributed by atoms with Crippen LogP contribution < -0.4 is 5.32 Å². The first-order valence-electron chi connectivity index (χ1n) is 6.10. The van der Waals surface area contributed by atoms with Crippen molar-refractivity contribution in [2.24, 2.45) is 0 Å². The van der Waals surface area contributed by atoms with Gasteiger partial charge < -0.3 is 9.73 Å². The summed E-state index contributed by atoms with van der Waals surface area (Å²) in [4.78, 5) is 15.3. The predicted octanol–water partition coefficient (Wildman–Crippen LogP) is 2.56.